The van der Waals surface area contributed by atoms with E-state index in [1.807, 2.05) is 6.07 Å². The quantitative estimate of drug-likeness (QED) is 0.795. The maximum absolute atomic E-state index is 11.9. The summed E-state index contributed by atoms with van der Waals surface area (Å²) in [5.74, 6) is 0. The van der Waals surface area contributed by atoms with Gasteiger partial charge in [0.15, 0.2) is 0 Å². The number of nitrogens with one attached hydrogen (secondary N) is 1. The molecule has 86 valence electrons. The summed E-state index contributed by atoms with van der Waals surface area (Å²) in [6.07, 6.45) is -4.39. The first-order valence-corrected chi connectivity index (χ1v) is 4.79. The molecule has 1 rings (SSSR count). The van der Waals surface area contributed by atoms with Gasteiger partial charge in [-0.2, -0.15) is 5.26 Å². The van der Waals surface area contributed by atoms with Crippen LogP contribution in [0.15, 0.2) is 24.3 Å². The van der Waals surface area contributed by atoms with Crippen LogP contribution in [0.1, 0.15) is 11.1 Å². The lowest BCUT2D eigenvalue weighted by atomic mass is 10.1. The summed E-state index contributed by atoms with van der Waals surface area (Å²) in [6, 6.07) is 8.82. The minimum Gasteiger partial charge on any atom is -0.386 e. The van der Waals surface area contributed by atoms with E-state index >= 15 is 0 Å². The van der Waals surface area contributed by atoms with E-state index in [0.717, 1.165) is 5.56 Å². The Hall–Kier alpha value is -1.51. The van der Waals surface area contributed by atoms with Crippen molar-refractivity contribution in [2.75, 3.05) is 6.54 Å². The van der Waals surface area contributed by atoms with Crippen LogP contribution in [0.3, 0.4) is 0 Å². The molecule has 0 radical (unpaired) electrons. The molecule has 0 saturated heterocycles. The second kappa shape index (κ2) is 6.16. The van der Waals surface area contributed by atoms with Gasteiger partial charge in [-0.15, -0.1) is 0 Å². The van der Waals surface area contributed by atoms with Crippen LogP contribution in [-0.4, -0.2) is 24.2 Å². The molecule has 0 amide bonds. The zero-order chi connectivity index (χ0) is 12.0. The third kappa shape index (κ3) is 3.93. The highest BCUT2D eigenvalue weighted by atomic mass is 19.3. The first-order valence-electron chi connectivity index (χ1n) is 4.79. The van der Waals surface area contributed by atoms with Crippen molar-refractivity contribution in [3.63, 3.8) is 0 Å². The fraction of sp³-hybridized carbons (Fsp3) is 0.364. The summed E-state index contributed by atoms with van der Waals surface area (Å²) >= 11 is 0. The number of benzene rings is 1. The topological polar surface area (TPSA) is 56.0 Å². The van der Waals surface area contributed by atoms with E-state index in [9.17, 15) is 8.78 Å². The van der Waals surface area contributed by atoms with E-state index < -0.39 is 12.5 Å². The van der Waals surface area contributed by atoms with Gasteiger partial charge in [-0.3, -0.25) is 0 Å². The van der Waals surface area contributed by atoms with Crippen molar-refractivity contribution in [1.29, 1.82) is 5.26 Å². The van der Waals surface area contributed by atoms with Crippen LogP contribution in [0.2, 0.25) is 0 Å². The number of halogens is 2. The van der Waals surface area contributed by atoms with Gasteiger partial charge in [-0.25, -0.2) is 8.78 Å². The molecule has 0 aliphatic carbocycles. The molecular weight excluding hydrogens is 214 g/mol. The average molecular weight is 226 g/mol. The Balaban J connectivity index is 2.40. The molecule has 1 aromatic rings. The van der Waals surface area contributed by atoms with Gasteiger partial charge in [0, 0.05) is 13.1 Å². The van der Waals surface area contributed by atoms with Crippen molar-refractivity contribution in [1.82, 2.24) is 5.32 Å². The first-order chi connectivity index (χ1) is 7.63. The highest BCUT2D eigenvalue weighted by Gasteiger charge is 2.15. The number of alkyl halides is 2. The number of hydrogen-bond acceptors (Lipinski definition) is 3. The summed E-state index contributed by atoms with van der Waals surface area (Å²) in [4.78, 5) is 0. The Kier molecular flexibility index (Phi) is 4.83. The largest absolute Gasteiger partial charge is 0.386 e. The van der Waals surface area contributed by atoms with Crippen molar-refractivity contribution in [3.05, 3.63) is 35.4 Å². The van der Waals surface area contributed by atoms with Gasteiger partial charge < -0.3 is 10.4 Å². The molecular formula is C11H12F2N2O. The Bertz CT molecular complexity index is 376. The summed E-state index contributed by atoms with van der Waals surface area (Å²) in [6.45, 7) is 0.174. The predicted molar refractivity (Wildman–Crippen MR) is 54.9 cm³/mol. The van der Waals surface area contributed by atoms with E-state index in [0.29, 0.717) is 12.1 Å². The zero-order valence-corrected chi connectivity index (χ0v) is 8.53. The molecule has 1 unspecified atom stereocenters. The molecule has 0 aliphatic rings. The molecule has 2 N–H and O–H groups in total. The van der Waals surface area contributed by atoms with E-state index in [-0.39, 0.29) is 6.54 Å². The van der Waals surface area contributed by atoms with Crippen molar-refractivity contribution in [2.45, 2.75) is 19.1 Å². The minimum atomic E-state index is -2.74. The van der Waals surface area contributed by atoms with Crippen LogP contribution in [0.25, 0.3) is 0 Å². The molecule has 0 fully saturated rings. The fourth-order valence-corrected chi connectivity index (χ4v) is 1.20. The number of nitrogens with zero attached hydrogens (tertiary/aromatic N) is 1. The van der Waals surface area contributed by atoms with Crippen LogP contribution in [0, 0.1) is 11.3 Å². The van der Waals surface area contributed by atoms with Gasteiger partial charge in [0.2, 0.25) is 0 Å². The van der Waals surface area contributed by atoms with Gasteiger partial charge in [0.25, 0.3) is 6.43 Å². The molecule has 0 saturated carbocycles. The van der Waals surface area contributed by atoms with Gasteiger partial charge in [0.05, 0.1) is 11.6 Å². The van der Waals surface area contributed by atoms with Crippen LogP contribution >= 0.6 is 0 Å². The lowest BCUT2D eigenvalue weighted by Gasteiger charge is -2.10. The molecule has 0 bridgehead atoms. The van der Waals surface area contributed by atoms with Crippen molar-refractivity contribution in [2.24, 2.45) is 0 Å². The molecule has 0 aliphatic heterocycles. The number of hydrogen-bond donors (Lipinski definition) is 2. The first kappa shape index (κ1) is 12.6. The number of aliphatic hydroxyl groups excluding tert-OH is 1. The van der Waals surface area contributed by atoms with Crippen molar-refractivity contribution < 1.29 is 13.9 Å². The van der Waals surface area contributed by atoms with Gasteiger partial charge >= 0.3 is 0 Å². The maximum atomic E-state index is 11.9. The molecule has 0 spiro atoms. The van der Waals surface area contributed by atoms with Gasteiger partial charge in [-0.05, 0) is 17.7 Å². The molecule has 5 heteroatoms. The van der Waals surface area contributed by atoms with Crippen LogP contribution < -0.4 is 5.32 Å². The lowest BCUT2D eigenvalue weighted by Crippen LogP contribution is -2.31. The van der Waals surface area contributed by atoms with Crippen LogP contribution in [0.4, 0.5) is 8.78 Å². The van der Waals surface area contributed by atoms with Crippen LogP contribution in [0.5, 0.6) is 0 Å². The second-order valence-corrected chi connectivity index (χ2v) is 3.34. The summed E-state index contributed by atoms with van der Waals surface area (Å²) in [5.41, 5.74) is 1.34. The Morgan fingerprint density at radius 1 is 1.44 bits per heavy atom. The number of rotatable bonds is 5. The van der Waals surface area contributed by atoms with Gasteiger partial charge in [0.1, 0.15) is 6.10 Å². The Labute approximate surface area is 92.3 Å². The fourth-order valence-electron chi connectivity index (χ4n) is 1.20. The third-order valence-corrected chi connectivity index (χ3v) is 2.03. The predicted octanol–water partition coefficient (Wildman–Crippen LogP) is 1.27. The molecule has 0 heterocycles. The average Bonchev–Trinajstić information content (AvgIpc) is 2.29. The Morgan fingerprint density at radius 2 is 2.19 bits per heavy atom. The molecule has 1 aromatic carbocycles. The van der Waals surface area contributed by atoms with E-state index in [1.54, 1.807) is 24.3 Å². The maximum Gasteiger partial charge on any atom is 0.265 e. The second-order valence-electron chi connectivity index (χ2n) is 3.34. The standard InChI is InChI=1S/C11H12F2N2O/c12-11(13)10(16)7-15-6-9-3-1-2-8(4-9)5-14/h1-4,10-11,15-16H,6-7H2. The highest BCUT2D eigenvalue weighted by molar-refractivity contribution is 5.32. The summed E-state index contributed by atoms with van der Waals surface area (Å²) in [5, 5.41) is 20.2. The molecule has 16 heavy (non-hydrogen) atoms. The molecule has 3 nitrogen and oxygen atoms in total. The summed E-state index contributed by atoms with van der Waals surface area (Å²) in [7, 11) is 0. The normalized spacial score (nSPS) is 12.4. The number of nitriles is 1. The SMILES string of the molecule is N#Cc1cccc(CNCC(O)C(F)F)c1. The van der Waals surface area contributed by atoms with E-state index in [2.05, 4.69) is 5.32 Å². The minimum absolute atomic E-state index is 0.172. The summed E-state index contributed by atoms with van der Waals surface area (Å²) < 4.78 is 23.9. The van der Waals surface area contributed by atoms with E-state index in [4.69, 9.17) is 10.4 Å². The number of aliphatic hydroxyl groups is 1. The molecule has 1 atom stereocenters. The van der Waals surface area contributed by atoms with Crippen LogP contribution in [-0.2, 0) is 6.54 Å². The van der Waals surface area contributed by atoms with Crippen molar-refractivity contribution in [3.8, 4) is 6.07 Å². The monoisotopic (exact) mass is 226 g/mol. The van der Waals surface area contributed by atoms with Crippen molar-refractivity contribution >= 4 is 0 Å². The highest BCUT2D eigenvalue weighted by Crippen LogP contribution is 2.04. The lowest BCUT2D eigenvalue weighted by molar-refractivity contribution is -0.00340. The smallest absolute Gasteiger partial charge is 0.265 e. The third-order valence-electron chi connectivity index (χ3n) is 2.03. The molecule has 0 aromatic heterocycles. The zero-order valence-electron chi connectivity index (χ0n) is 8.53. The van der Waals surface area contributed by atoms with E-state index in [1.165, 1.54) is 0 Å². The van der Waals surface area contributed by atoms with Gasteiger partial charge in [-0.1, -0.05) is 12.1 Å². The Morgan fingerprint density at radius 3 is 2.81 bits per heavy atom.